The SMILES string of the molecule is COCCNS(=O)(=O)c1ccc(OCC(=O)NC(C)c2ccccc2OC)c(Cl)c1. The molecular weight excluding hydrogens is 432 g/mol. The molecule has 2 aromatic carbocycles. The van der Waals surface area contributed by atoms with Crippen molar-refractivity contribution >= 4 is 27.5 Å². The molecule has 0 aliphatic rings. The monoisotopic (exact) mass is 456 g/mol. The van der Waals surface area contributed by atoms with Crippen molar-refractivity contribution in [2.45, 2.75) is 17.9 Å². The third-order valence-electron chi connectivity index (χ3n) is 4.15. The van der Waals surface area contributed by atoms with Crippen molar-refractivity contribution in [1.82, 2.24) is 10.0 Å². The maximum Gasteiger partial charge on any atom is 0.258 e. The van der Waals surface area contributed by atoms with Crippen molar-refractivity contribution in [3.05, 3.63) is 53.1 Å². The number of halogens is 1. The van der Waals surface area contributed by atoms with Crippen LogP contribution in [0.2, 0.25) is 5.02 Å². The number of methoxy groups -OCH3 is 2. The lowest BCUT2D eigenvalue weighted by molar-refractivity contribution is -0.123. The normalized spacial score (nSPS) is 12.3. The standard InChI is InChI=1S/C20H25ClN2O6S/c1-14(16-6-4-5-7-18(16)28-3)23-20(24)13-29-19-9-8-15(12-17(19)21)30(25,26)22-10-11-27-2/h4-9,12,14,22H,10-11,13H2,1-3H3,(H,23,24). The number of hydrogen-bond donors (Lipinski definition) is 2. The molecule has 1 unspecified atom stereocenters. The van der Waals surface area contributed by atoms with Crippen LogP contribution in [0.25, 0.3) is 0 Å². The highest BCUT2D eigenvalue weighted by Gasteiger charge is 2.17. The number of para-hydroxylation sites is 1. The van der Waals surface area contributed by atoms with E-state index in [-0.39, 0.29) is 47.4 Å². The third-order valence-corrected chi connectivity index (χ3v) is 5.91. The van der Waals surface area contributed by atoms with Crippen molar-refractivity contribution in [1.29, 1.82) is 0 Å². The van der Waals surface area contributed by atoms with Gasteiger partial charge in [-0.15, -0.1) is 0 Å². The van der Waals surface area contributed by atoms with Crippen LogP contribution in [0.4, 0.5) is 0 Å². The number of carbonyl (C=O) groups is 1. The molecule has 0 aliphatic carbocycles. The van der Waals surface area contributed by atoms with E-state index in [0.717, 1.165) is 5.56 Å². The molecule has 0 spiro atoms. The maximum absolute atomic E-state index is 12.2. The topological polar surface area (TPSA) is 103 Å². The van der Waals surface area contributed by atoms with Gasteiger partial charge in [-0.1, -0.05) is 29.8 Å². The van der Waals surface area contributed by atoms with E-state index < -0.39 is 10.0 Å². The first-order chi connectivity index (χ1) is 14.3. The summed E-state index contributed by atoms with van der Waals surface area (Å²) < 4.78 is 42.4. The van der Waals surface area contributed by atoms with Crippen LogP contribution in [0, 0.1) is 0 Å². The first kappa shape index (κ1) is 23.9. The summed E-state index contributed by atoms with van der Waals surface area (Å²) in [5.74, 6) is 0.514. The molecule has 0 fully saturated rings. The van der Waals surface area contributed by atoms with Crippen LogP contribution in [0.3, 0.4) is 0 Å². The van der Waals surface area contributed by atoms with Gasteiger partial charge in [0.05, 0.1) is 29.7 Å². The Morgan fingerprint density at radius 2 is 1.87 bits per heavy atom. The fourth-order valence-corrected chi connectivity index (χ4v) is 3.99. The van der Waals surface area contributed by atoms with Crippen LogP contribution in [0.5, 0.6) is 11.5 Å². The summed E-state index contributed by atoms with van der Waals surface area (Å²) in [7, 11) is -0.676. The van der Waals surface area contributed by atoms with Crippen molar-refractivity contribution < 1.29 is 27.4 Å². The third kappa shape index (κ3) is 6.60. The summed E-state index contributed by atoms with van der Waals surface area (Å²) in [5.41, 5.74) is 0.835. The highest BCUT2D eigenvalue weighted by atomic mass is 35.5. The van der Waals surface area contributed by atoms with Crippen LogP contribution in [-0.4, -0.2) is 48.3 Å². The van der Waals surface area contributed by atoms with Gasteiger partial charge < -0.3 is 19.5 Å². The lowest BCUT2D eigenvalue weighted by Crippen LogP contribution is -2.31. The van der Waals surface area contributed by atoms with Crippen LogP contribution in [0.1, 0.15) is 18.5 Å². The molecule has 1 atom stereocenters. The number of carbonyl (C=O) groups excluding carboxylic acids is 1. The quantitative estimate of drug-likeness (QED) is 0.504. The molecule has 0 saturated heterocycles. The molecule has 10 heteroatoms. The number of amides is 1. The molecule has 0 bridgehead atoms. The molecule has 30 heavy (non-hydrogen) atoms. The molecular formula is C20H25ClN2O6S. The Bertz CT molecular complexity index is 968. The van der Waals surface area contributed by atoms with Crippen molar-refractivity contribution in [3.63, 3.8) is 0 Å². The van der Waals surface area contributed by atoms with Crippen molar-refractivity contribution in [2.24, 2.45) is 0 Å². The molecule has 0 aromatic heterocycles. The predicted octanol–water partition coefficient (Wildman–Crippen LogP) is 2.53. The van der Waals surface area contributed by atoms with E-state index >= 15 is 0 Å². The van der Waals surface area contributed by atoms with Crippen molar-refractivity contribution in [3.8, 4) is 11.5 Å². The Hall–Kier alpha value is -2.33. The average Bonchev–Trinajstić information content (AvgIpc) is 2.72. The van der Waals surface area contributed by atoms with Gasteiger partial charge in [0, 0.05) is 19.2 Å². The van der Waals surface area contributed by atoms with Gasteiger partial charge in [-0.05, 0) is 31.2 Å². The predicted molar refractivity (Wildman–Crippen MR) is 114 cm³/mol. The fraction of sp³-hybridized carbons (Fsp3) is 0.350. The largest absolute Gasteiger partial charge is 0.496 e. The van der Waals surface area contributed by atoms with E-state index in [1.807, 2.05) is 31.2 Å². The minimum Gasteiger partial charge on any atom is -0.496 e. The molecule has 0 heterocycles. The summed E-state index contributed by atoms with van der Waals surface area (Å²) in [6, 6.07) is 11.1. The lowest BCUT2D eigenvalue weighted by atomic mass is 10.1. The molecule has 0 aliphatic heterocycles. The maximum atomic E-state index is 12.2. The minimum atomic E-state index is -3.72. The number of ether oxygens (including phenoxy) is 3. The molecule has 0 saturated carbocycles. The minimum absolute atomic E-state index is 0.00907. The van der Waals surface area contributed by atoms with Gasteiger partial charge in [0.2, 0.25) is 10.0 Å². The zero-order chi connectivity index (χ0) is 22.1. The second-order valence-electron chi connectivity index (χ2n) is 6.30. The van der Waals surface area contributed by atoms with E-state index in [0.29, 0.717) is 5.75 Å². The first-order valence-corrected chi connectivity index (χ1v) is 11.0. The number of nitrogens with one attached hydrogen (secondary N) is 2. The summed E-state index contributed by atoms with van der Waals surface area (Å²) >= 11 is 6.13. The van der Waals surface area contributed by atoms with E-state index in [2.05, 4.69) is 10.0 Å². The van der Waals surface area contributed by atoms with Gasteiger partial charge in [0.25, 0.3) is 5.91 Å². The van der Waals surface area contributed by atoms with Crippen molar-refractivity contribution in [2.75, 3.05) is 34.0 Å². The number of sulfonamides is 1. The van der Waals surface area contributed by atoms with Gasteiger partial charge in [0.1, 0.15) is 11.5 Å². The van der Waals surface area contributed by atoms with Crippen LogP contribution < -0.4 is 19.5 Å². The summed E-state index contributed by atoms with van der Waals surface area (Å²) in [5, 5.41) is 2.90. The first-order valence-electron chi connectivity index (χ1n) is 9.11. The van der Waals surface area contributed by atoms with Gasteiger partial charge in [-0.3, -0.25) is 4.79 Å². The van der Waals surface area contributed by atoms with E-state index in [9.17, 15) is 13.2 Å². The molecule has 2 aromatic rings. The van der Waals surface area contributed by atoms with Crippen LogP contribution >= 0.6 is 11.6 Å². The Kier molecular flexibility index (Phi) is 8.91. The highest BCUT2D eigenvalue weighted by Crippen LogP contribution is 2.28. The smallest absolute Gasteiger partial charge is 0.258 e. The molecule has 2 N–H and O–H groups in total. The summed E-state index contributed by atoms with van der Waals surface area (Å²) in [6.07, 6.45) is 0. The zero-order valence-electron chi connectivity index (χ0n) is 17.0. The van der Waals surface area contributed by atoms with E-state index in [4.69, 9.17) is 25.8 Å². The average molecular weight is 457 g/mol. The molecule has 8 nitrogen and oxygen atoms in total. The number of hydrogen-bond acceptors (Lipinski definition) is 6. The van der Waals surface area contributed by atoms with Gasteiger partial charge in [-0.2, -0.15) is 0 Å². The molecule has 0 radical (unpaired) electrons. The number of rotatable bonds is 11. The van der Waals surface area contributed by atoms with Gasteiger partial charge >= 0.3 is 0 Å². The molecule has 164 valence electrons. The van der Waals surface area contributed by atoms with E-state index in [1.165, 1.54) is 25.3 Å². The van der Waals surface area contributed by atoms with Gasteiger partial charge in [-0.25, -0.2) is 13.1 Å². The van der Waals surface area contributed by atoms with E-state index in [1.54, 1.807) is 7.11 Å². The fourth-order valence-electron chi connectivity index (χ4n) is 2.66. The summed E-state index contributed by atoms with van der Waals surface area (Å²) in [4.78, 5) is 12.2. The zero-order valence-corrected chi connectivity index (χ0v) is 18.5. The van der Waals surface area contributed by atoms with Crippen LogP contribution in [-0.2, 0) is 19.6 Å². The highest BCUT2D eigenvalue weighted by molar-refractivity contribution is 7.89. The summed E-state index contributed by atoms with van der Waals surface area (Å²) in [6.45, 7) is 1.94. The number of benzene rings is 2. The van der Waals surface area contributed by atoms with Crippen LogP contribution in [0.15, 0.2) is 47.4 Å². The Morgan fingerprint density at radius 1 is 1.13 bits per heavy atom. The Morgan fingerprint density at radius 3 is 2.53 bits per heavy atom. The molecule has 1 amide bonds. The second-order valence-corrected chi connectivity index (χ2v) is 8.48. The Balaban J connectivity index is 1.96. The Labute approximate surface area is 181 Å². The van der Waals surface area contributed by atoms with Gasteiger partial charge in [0.15, 0.2) is 6.61 Å². The lowest BCUT2D eigenvalue weighted by Gasteiger charge is -2.17. The second kappa shape index (κ2) is 11.2. The molecule has 2 rings (SSSR count).